The van der Waals surface area contributed by atoms with Crippen LogP contribution in [0.15, 0.2) is 70.4 Å². The number of pyridine rings is 1. The molecule has 0 bridgehead atoms. The fourth-order valence-corrected chi connectivity index (χ4v) is 4.91. The van der Waals surface area contributed by atoms with E-state index in [4.69, 9.17) is 10.8 Å². The Morgan fingerprint density at radius 2 is 1.95 bits per heavy atom. The number of nitrogens with zero attached hydrogens (tertiary/aromatic N) is 2. The Morgan fingerprint density at radius 1 is 1.24 bits per heavy atom. The molecule has 0 amide bonds. The van der Waals surface area contributed by atoms with Gasteiger partial charge in [-0.3, -0.25) is 9.59 Å². The van der Waals surface area contributed by atoms with E-state index >= 15 is 0 Å². The van der Waals surface area contributed by atoms with E-state index in [0.29, 0.717) is 12.2 Å². The van der Waals surface area contributed by atoms with E-state index in [9.17, 15) is 14.0 Å². The number of carbonyl (C=O) groups is 1. The molecule has 37 heavy (non-hydrogen) atoms. The molecule has 1 atom stereocenters. The molecule has 3 heterocycles. The zero-order chi connectivity index (χ0) is 26.9. The second-order valence-corrected chi connectivity index (χ2v) is 10.3. The van der Waals surface area contributed by atoms with Crippen molar-refractivity contribution in [2.75, 3.05) is 13.6 Å². The molecule has 0 saturated carbocycles. The van der Waals surface area contributed by atoms with Crippen molar-refractivity contribution in [2.45, 2.75) is 40.2 Å². The molecule has 5 nitrogen and oxygen atoms in total. The lowest BCUT2D eigenvalue weighted by atomic mass is 9.82. The van der Waals surface area contributed by atoms with Crippen molar-refractivity contribution >= 4 is 22.6 Å². The van der Waals surface area contributed by atoms with E-state index in [1.807, 2.05) is 24.6 Å². The van der Waals surface area contributed by atoms with Crippen molar-refractivity contribution in [1.29, 1.82) is 0 Å². The molecule has 3 aromatic rings. The van der Waals surface area contributed by atoms with E-state index in [1.54, 1.807) is 30.9 Å². The summed E-state index contributed by atoms with van der Waals surface area (Å²) < 4.78 is 21.3. The number of rotatable bonds is 5. The van der Waals surface area contributed by atoms with Crippen molar-refractivity contribution in [3.05, 3.63) is 99.6 Å². The van der Waals surface area contributed by atoms with Gasteiger partial charge in [0.1, 0.15) is 5.82 Å². The summed E-state index contributed by atoms with van der Waals surface area (Å²) in [6.45, 7) is 9.05. The number of allylic oxidation sites excluding steroid dienone is 3. The number of hydrogen-bond acceptors (Lipinski definition) is 4. The third-order valence-electron chi connectivity index (χ3n) is 6.74. The Balaban J connectivity index is 0.00000400. The molecular weight excluding hydrogens is 467 g/mol. The summed E-state index contributed by atoms with van der Waals surface area (Å²) in [6.07, 6.45) is 13.1. The fraction of sp³-hybridized carbons (Fsp3) is 0.290. The maximum absolute atomic E-state index is 13.8. The summed E-state index contributed by atoms with van der Waals surface area (Å²) in [5.74, 6) is 1.13. The Labute approximate surface area is 218 Å². The average molecular weight is 500 g/mol. The zero-order valence-corrected chi connectivity index (χ0v) is 21.8. The predicted octanol–water partition coefficient (Wildman–Crippen LogP) is 6.40. The highest BCUT2D eigenvalue weighted by Crippen LogP contribution is 2.45. The van der Waals surface area contributed by atoms with Gasteiger partial charge in [-0.1, -0.05) is 45.9 Å². The van der Waals surface area contributed by atoms with E-state index < -0.39 is 11.2 Å². The lowest BCUT2D eigenvalue weighted by molar-refractivity contribution is 0.105. The van der Waals surface area contributed by atoms with Gasteiger partial charge in [0.15, 0.2) is 5.43 Å². The minimum atomic E-state index is -0.634. The Bertz CT molecular complexity index is 1480. The number of furan rings is 1. The van der Waals surface area contributed by atoms with Gasteiger partial charge in [0, 0.05) is 38.4 Å². The fourth-order valence-electron chi connectivity index (χ4n) is 4.91. The molecule has 0 N–H and O–H groups in total. The van der Waals surface area contributed by atoms with Crippen molar-refractivity contribution in [2.24, 2.45) is 5.41 Å². The van der Waals surface area contributed by atoms with Gasteiger partial charge >= 0.3 is 0 Å². The molecule has 1 aliphatic heterocycles. The number of fused-ring (bicyclic) bond motifs is 1. The molecular formula is C31H32FN2O3. The van der Waals surface area contributed by atoms with Gasteiger partial charge in [-0.2, -0.15) is 0 Å². The lowest BCUT2D eigenvalue weighted by Crippen LogP contribution is -2.42. The number of benzene rings is 1. The highest BCUT2D eigenvalue weighted by molar-refractivity contribution is 6.14. The molecule has 1 radical (unpaired) electrons. The summed E-state index contributed by atoms with van der Waals surface area (Å²) in [5, 5.41) is 0. The highest BCUT2D eigenvalue weighted by atomic mass is 19.1. The quantitative estimate of drug-likeness (QED) is 0.231. The maximum Gasteiger partial charge on any atom is 0.241 e. The molecule has 0 saturated heterocycles. The molecule has 4 rings (SSSR count). The van der Waals surface area contributed by atoms with Crippen LogP contribution in [0, 0.1) is 23.6 Å². The topological polar surface area (TPSA) is 55.5 Å². The number of likely N-dealkylation sites (N-methyl/N-ethyl adjacent to an activating group) is 1. The Kier molecular flexibility index (Phi) is 7.09. The van der Waals surface area contributed by atoms with Crippen molar-refractivity contribution in [1.82, 2.24) is 9.47 Å². The van der Waals surface area contributed by atoms with Gasteiger partial charge in [-0.15, -0.1) is 6.42 Å². The number of hydrogen-bond donors (Lipinski definition) is 0. The summed E-state index contributed by atoms with van der Waals surface area (Å²) >= 11 is 0. The molecule has 0 spiro atoms. The summed E-state index contributed by atoms with van der Waals surface area (Å²) in [7, 11) is 2.00. The van der Waals surface area contributed by atoms with Crippen molar-refractivity contribution < 1.29 is 15.0 Å². The van der Waals surface area contributed by atoms with E-state index in [-0.39, 0.29) is 24.3 Å². The second-order valence-electron chi connectivity index (χ2n) is 10.3. The molecule has 0 aliphatic carbocycles. The molecule has 2 aromatic heterocycles. The second kappa shape index (κ2) is 10.1. The lowest BCUT2D eigenvalue weighted by Gasteiger charge is -2.44. The van der Waals surface area contributed by atoms with Crippen LogP contribution in [0.5, 0.6) is 0 Å². The number of ketones is 1. The van der Waals surface area contributed by atoms with Crippen LogP contribution < -0.4 is 5.43 Å². The zero-order valence-electron chi connectivity index (χ0n) is 22.8. The van der Waals surface area contributed by atoms with E-state index in [1.165, 1.54) is 18.2 Å². The Hall–Kier alpha value is -4.11. The molecule has 0 fully saturated rings. The number of terminal acetylenes is 1. The van der Waals surface area contributed by atoms with Crippen LogP contribution in [0.1, 0.15) is 68.8 Å². The minimum absolute atomic E-state index is 0. The minimum Gasteiger partial charge on any atom is -0.472 e. The van der Waals surface area contributed by atoms with Crippen LogP contribution in [0.2, 0.25) is 0 Å². The SMILES string of the molecule is C#CC(=O)c1cn2c(cc1=O)/C(=C(/C(=C/CC)c1ccc(F)cc1)c1ccoc1)N(C)C[C@H]2C(C)(C)C.[H]. The largest absolute Gasteiger partial charge is 0.472 e. The number of carbonyl (C=O) groups excluding carboxylic acids is 1. The first kappa shape index (κ1) is 26.0. The van der Waals surface area contributed by atoms with Gasteiger partial charge in [0.2, 0.25) is 5.78 Å². The van der Waals surface area contributed by atoms with Gasteiger partial charge in [-0.05, 0) is 47.1 Å². The van der Waals surface area contributed by atoms with Gasteiger partial charge in [0.25, 0.3) is 0 Å². The van der Waals surface area contributed by atoms with E-state index in [2.05, 4.69) is 37.7 Å². The van der Waals surface area contributed by atoms with Crippen LogP contribution in [0.25, 0.3) is 16.8 Å². The smallest absolute Gasteiger partial charge is 0.241 e. The van der Waals surface area contributed by atoms with Crippen LogP contribution >= 0.6 is 0 Å². The van der Waals surface area contributed by atoms with Crippen molar-refractivity contribution in [3.8, 4) is 12.3 Å². The van der Waals surface area contributed by atoms with E-state index in [0.717, 1.165) is 34.4 Å². The first-order chi connectivity index (χ1) is 17.6. The first-order valence-corrected chi connectivity index (χ1v) is 12.3. The number of halogens is 1. The number of Topliss-reactive ketones (excluding diaryl/α,β-unsaturated/α-hetero) is 1. The van der Waals surface area contributed by atoms with Gasteiger partial charge < -0.3 is 13.9 Å². The van der Waals surface area contributed by atoms with Gasteiger partial charge in [0.05, 0.1) is 35.5 Å². The third kappa shape index (κ3) is 4.95. The normalized spacial score (nSPS) is 17.3. The van der Waals surface area contributed by atoms with Crippen LogP contribution in [0.3, 0.4) is 0 Å². The molecule has 1 aromatic carbocycles. The maximum atomic E-state index is 13.8. The predicted molar refractivity (Wildman–Crippen MR) is 146 cm³/mol. The Morgan fingerprint density at radius 3 is 2.51 bits per heavy atom. The third-order valence-corrected chi connectivity index (χ3v) is 6.74. The molecule has 1 aliphatic rings. The van der Waals surface area contributed by atoms with Crippen LogP contribution in [-0.4, -0.2) is 28.8 Å². The highest BCUT2D eigenvalue weighted by Gasteiger charge is 2.36. The summed E-state index contributed by atoms with van der Waals surface area (Å²) in [4.78, 5) is 27.7. The van der Waals surface area contributed by atoms with Crippen molar-refractivity contribution in [3.63, 3.8) is 0 Å². The van der Waals surface area contributed by atoms with Gasteiger partial charge in [-0.25, -0.2) is 4.39 Å². The summed E-state index contributed by atoms with van der Waals surface area (Å²) in [6, 6.07) is 9.70. The average Bonchev–Trinajstić information content (AvgIpc) is 3.38. The monoisotopic (exact) mass is 499 g/mol. The standard InChI is InChI=1S/C31H31FN2O3.H/c1-7-9-23(20-10-12-22(32)13-11-20)29(21-14-15-37-19-21)30-25-16-27(36)24(26(35)8-2)17-34(25)28(18-33(30)6)31(3,4)5;/h2,9-17,19,28H,7,18H2,1,3-6H3;/b23-9+,30-29-;/t28-;/m0./s1. The molecule has 191 valence electrons. The number of aromatic nitrogens is 1. The first-order valence-electron chi connectivity index (χ1n) is 12.3. The van der Waals surface area contributed by atoms with Crippen LogP contribution in [0.4, 0.5) is 4.39 Å². The molecule has 6 heteroatoms. The van der Waals surface area contributed by atoms with Crippen LogP contribution in [-0.2, 0) is 0 Å². The molecule has 0 unspecified atom stereocenters. The summed E-state index contributed by atoms with van der Waals surface area (Å²) in [5.41, 5.74) is 4.25.